The summed E-state index contributed by atoms with van der Waals surface area (Å²) >= 11 is 0. The Morgan fingerprint density at radius 1 is 0.800 bits per heavy atom. The molecule has 0 saturated heterocycles. The lowest BCUT2D eigenvalue weighted by Gasteiger charge is -2.24. The average molecular weight is 330 g/mol. The highest BCUT2D eigenvalue weighted by Gasteiger charge is 2.21. The maximum Gasteiger partial charge on any atom is 0.179 e. The van der Waals surface area contributed by atoms with Gasteiger partial charge in [0.15, 0.2) is 5.78 Å². The van der Waals surface area contributed by atoms with Crippen LogP contribution in [0.1, 0.15) is 34.5 Å². The van der Waals surface area contributed by atoms with Crippen LogP contribution in [0.4, 0.5) is 5.69 Å². The van der Waals surface area contributed by atoms with Crippen molar-refractivity contribution in [1.82, 2.24) is 5.32 Å². The fourth-order valence-corrected chi connectivity index (χ4v) is 2.90. The van der Waals surface area contributed by atoms with Gasteiger partial charge in [0.25, 0.3) is 0 Å². The molecule has 0 aliphatic carbocycles. The van der Waals surface area contributed by atoms with Gasteiger partial charge in [-0.05, 0) is 42.3 Å². The maximum atomic E-state index is 12.8. The number of ketones is 1. The highest BCUT2D eigenvalue weighted by atomic mass is 16.1. The van der Waals surface area contributed by atoms with E-state index in [4.69, 9.17) is 5.73 Å². The second-order valence-corrected chi connectivity index (χ2v) is 6.13. The third kappa shape index (κ3) is 4.14. The predicted molar refractivity (Wildman–Crippen MR) is 103 cm³/mol. The first-order valence-corrected chi connectivity index (χ1v) is 8.41. The molecule has 0 spiro atoms. The third-order valence-corrected chi connectivity index (χ3v) is 4.27. The van der Waals surface area contributed by atoms with Crippen LogP contribution < -0.4 is 11.1 Å². The summed E-state index contributed by atoms with van der Waals surface area (Å²) in [6, 6.07) is 27.0. The molecule has 0 bridgehead atoms. The van der Waals surface area contributed by atoms with E-state index in [1.807, 2.05) is 43.3 Å². The van der Waals surface area contributed by atoms with Crippen LogP contribution in [0.5, 0.6) is 0 Å². The fourth-order valence-electron chi connectivity index (χ4n) is 2.90. The molecule has 0 saturated carbocycles. The summed E-state index contributed by atoms with van der Waals surface area (Å²) in [7, 11) is 0. The standard InChI is InChI=1S/C22H22N2O/c1-16(22(25)19-12-14-20(23)15-13-19)24-21(17-8-4-2-5-9-17)18-10-6-3-7-11-18/h2-16,21,24H,23H2,1H3. The molecule has 126 valence electrons. The normalized spacial score (nSPS) is 12.1. The highest BCUT2D eigenvalue weighted by Crippen LogP contribution is 2.23. The molecule has 25 heavy (non-hydrogen) atoms. The molecule has 0 amide bonds. The molecular formula is C22H22N2O. The molecule has 0 heterocycles. The number of carbonyl (C=O) groups is 1. The molecule has 3 rings (SSSR count). The maximum absolute atomic E-state index is 12.8. The number of rotatable bonds is 6. The van der Waals surface area contributed by atoms with E-state index >= 15 is 0 Å². The molecule has 3 heteroatoms. The van der Waals surface area contributed by atoms with E-state index in [2.05, 4.69) is 29.6 Å². The van der Waals surface area contributed by atoms with Crippen molar-refractivity contribution in [3.05, 3.63) is 102 Å². The number of nitrogens with two attached hydrogens (primary N) is 1. The lowest BCUT2D eigenvalue weighted by molar-refractivity contribution is 0.0947. The predicted octanol–water partition coefficient (Wildman–Crippen LogP) is 4.22. The van der Waals surface area contributed by atoms with Crippen LogP contribution in [-0.4, -0.2) is 11.8 Å². The first-order chi connectivity index (χ1) is 12.1. The van der Waals surface area contributed by atoms with E-state index < -0.39 is 0 Å². The molecule has 3 N–H and O–H groups in total. The summed E-state index contributed by atoms with van der Waals surface area (Å²) < 4.78 is 0. The van der Waals surface area contributed by atoms with Crippen LogP contribution >= 0.6 is 0 Å². The van der Waals surface area contributed by atoms with Gasteiger partial charge in [0.2, 0.25) is 0 Å². The van der Waals surface area contributed by atoms with Crippen molar-refractivity contribution in [3.8, 4) is 0 Å². The molecule has 3 aromatic carbocycles. The Hall–Kier alpha value is -2.91. The Morgan fingerprint density at radius 2 is 1.28 bits per heavy atom. The highest BCUT2D eigenvalue weighted by molar-refractivity contribution is 6.00. The van der Waals surface area contributed by atoms with Crippen LogP contribution in [0, 0.1) is 0 Å². The van der Waals surface area contributed by atoms with E-state index in [9.17, 15) is 4.79 Å². The van der Waals surface area contributed by atoms with E-state index in [0.717, 1.165) is 11.1 Å². The summed E-state index contributed by atoms with van der Waals surface area (Å²) in [6.07, 6.45) is 0. The van der Waals surface area contributed by atoms with Crippen LogP contribution in [0.25, 0.3) is 0 Å². The minimum absolute atomic E-state index is 0.0462. The second-order valence-electron chi connectivity index (χ2n) is 6.13. The molecule has 0 fully saturated rings. The quantitative estimate of drug-likeness (QED) is 0.525. The van der Waals surface area contributed by atoms with Crippen LogP contribution in [0.2, 0.25) is 0 Å². The average Bonchev–Trinajstić information content (AvgIpc) is 2.67. The number of anilines is 1. The van der Waals surface area contributed by atoms with E-state index in [1.165, 1.54) is 0 Å². The summed E-state index contributed by atoms with van der Waals surface area (Å²) in [4.78, 5) is 12.8. The Balaban J connectivity index is 1.85. The number of nitrogens with one attached hydrogen (secondary N) is 1. The number of hydrogen-bond donors (Lipinski definition) is 2. The summed E-state index contributed by atoms with van der Waals surface area (Å²) in [5, 5.41) is 3.48. The molecule has 1 atom stereocenters. The van der Waals surface area contributed by atoms with Crippen molar-refractivity contribution in [2.45, 2.75) is 19.0 Å². The monoisotopic (exact) mass is 330 g/mol. The Kier molecular flexibility index (Phi) is 5.26. The largest absolute Gasteiger partial charge is 0.399 e. The van der Waals surface area contributed by atoms with Crippen molar-refractivity contribution in [1.29, 1.82) is 0 Å². The van der Waals surface area contributed by atoms with Crippen molar-refractivity contribution in [2.75, 3.05) is 5.73 Å². The second kappa shape index (κ2) is 7.77. The van der Waals surface area contributed by atoms with Crippen molar-refractivity contribution >= 4 is 11.5 Å². The molecule has 0 radical (unpaired) electrons. The minimum Gasteiger partial charge on any atom is -0.399 e. The van der Waals surface area contributed by atoms with Gasteiger partial charge in [-0.15, -0.1) is 0 Å². The van der Waals surface area contributed by atoms with Crippen LogP contribution in [0.15, 0.2) is 84.9 Å². The van der Waals surface area contributed by atoms with Gasteiger partial charge < -0.3 is 5.73 Å². The number of nitrogen functional groups attached to an aromatic ring is 1. The molecule has 1 unspecified atom stereocenters. The smallest absolute Gasteiger partial charge is 0.179 e. The summed E-state index contributed by atoms with van der Waals surface area (Å²) in [5.41, 5.74) is 9.29. The topological polar surface area (TPSA) is 55.1 Å². The van der Waals surface area contributed by atoms with Gasteiger partial charge in [-0.2, -0.15) is 0 Å². The Bertz CT molecular complexity index is 774. The lowest BCUT2D eigenvalue weighted by atomic mass is 9.96. The Morgan fingerprint density at radius 3 is 1.76 bits per heavy atom. The molecule has 3 nitrogen and oxygen atoms in total. The lowest BCUT2D eigenvalue weighted by Crippen LogP contribution is -2.37. The first-order valence-electron chi connectivity index (χ1n) is 8.41. The van der Waals surface area contributed by atoms with Gasteiger partial charge >= 0.3 is 0 Å². The van der Waals surface area contributed by atoms with Crippen molar-refractivity contribution in [3.63, 3.8) is 0 Å². The van der Waals surface area contributed by atoms with Gasteiger partial charge in [0.1, 0.15) is 0 Å². The zero-order valence-corrected chi connectivity index (χ0v) is 14.2. The number of hydrogen-bond acceptors (Lipinski definition) is 3. The summed E-state index contributed by atoms with van der Waals surface area (Å²) in [6.45, 7) is 1.90. The van der Waals surface area contributed by atoms with Crippen molar-refractivity contribution in [2.24, 2.45) is 0 Å². The van der Waals surface area contributed by atoms with Gasteiger partial charge in [-0.25, -0.2) is 0 Å². The van der Waals surface area contributed by atoms with Gasteiger partial charge in [0.05, 0.1) is 12.1 Å². The molecule has 0 aliphatic rings. The minimum atomic E-state index is -0.325. The molecule has 3 aromatic rings. The van der Waals surface area contributed by atoms with Gasteiger partial charge in [-0.3, -0.25) is 10.1 Å². The van der Waals surface area contributed by atoms with Gasteiger partial charge in [0, 0.05) is 11.3 Å². The number of benzene rings is 3. The van der Waals surface area contributed by atoms with E-state index in [0.29, 0.717) is 11.3 Å². The SMILES string of the molecule is CC(NC(c1ccccc1)c1ccccc1)C(=O)c1ccc(N)cc1. The van der Waals surface area contributed by atoms with Gasteiger partial charge in [-0.1, -0.05) is 60.7 Å². The summed E-state index contributed by atoms with van der Waals surface area (Å²) in [5.74, 6) is 0.0527. The molecular weight excluding hydrogens is 308 g/mol. The third-order valence-electron chi connectivity index (χ3n) is 4.27. The van der Waals surface area contributed by atoms with Crippen LogP contribution in [-0.2, 0) is 0 Å². The molecule has 0 aromatic heterocycles. The number of Topliss-reactive ketones (excluding diaryl/α,β-unsaturated/α-hetero) is 1. The molecule has 0 aliphatic heterocycles. The van der Waals surface area contributed by atoms with Crippen LogP contribution in [0.3, 0.4) is 0 Å². The van der Waals surface area contributed by atoms with Crippen molar-refractivity contribution < 1.29 is 4.79 Å². The fraction of sp³-hybridized carbons (Fsp3) is 0.136. The zero-order valence-electron chi connectivity index (χ0n) is 14.2. The zero-order chi connectivity index (χ0) is 17.6. The van der Waals surface area contributed by atoms with E-state index in [-0.39, 0.29) is 17.9 Å². The number of carbonyl (C=O) groups excluding carboxylic acids is 1. The Labute approximate surface area is 148 Å². The van der Waals surface area contributed by atoms with E-state index in [1.54, 1.807) is 24.3 Å². The first kappa shape index (κ1) is 16.9.